The van der Waals surface area contributed by atoms with Crippen LogP contribution in [0.3, 0.4) is 0 Å². The van der Waals surface area contributed by atoms with E-state index in [1.54, 1.807) is 0 Å². The maximum atomic E-state index is 11.6. The van der Waals surface area contributed by atoms with Crippen molar-refractivity contribution in [3.05, 3.63) is 23.8 Å². The van der Waals surface area contributed by atoms with E-state index in [0.717, 1.165) is 5.75 Å². The number of benzene rings is 1. The largest absolute Gasteiger partial charge is 0.482 e. The van der Waals surface area contributed by atoms with Gasteiger partial charge in [0.05, 0.1) is 0 Å². The van der Waals surface area contributed by atoms with Crippen molar-refractivity contribution in [2.45, 2.75) is 51.0 Å². The minimum atomic E-state index is -0.468. The second-order valence-corrected chi connectivity index (χ2v) is 8.65. The van der Waals surface area contributed by atoms with Gasteiger partial charge < -0.3 is 9.47 Å². The fourth-order valence-corrected chi connectivity index (χ4v) is 4.95. The minimum absolute atomic E-state index is 0.0399. The van der Waals surface area contributed by atoms with Crippen molar-refractivity contribution in [3.63, 3.8) is 0 Å². The summed E-state index contributed by atoms with van der Waals surface area (Å²) in [7, 11) is 0.416. The Balaban J connectivity index is 1.92. The summed E-state index contributed by atoms with van der Waals surface area (Å²) in [6.07, 6.45) is 2.69. The van der Waals surface area contributed by atoms with E-state index in [0.29, 0.717) is 10.9 Å². The molecular formula is C17H25O3S+. The van der Waals surface area contributed by atoms with Crippen LogP contribution in [0.25, 0.3) is 0 Å². The van der Waals surface area contributed by atoms with E-state index < -0.39 is 5.60 Å². The summed E-state index contributed by atoms with van der Waals surface area (Å²) in [5.41, 5.74) is 0.797. The van der Waals surface area contributed by atoms with E-state index >= 15 is 0 Å². The number of carbonyl (C=O) groups excluding carboxylic acids is 1. The summed E-state index contributed by atoms with van der Waals surface area (Å²) in [4.78, 5) is 13.1. The van der Waals surface area contributed by atoms with Gasteiger partial charge in [0.25, 0.3) is 0 Å². The van der Waals surface area contributed by atoms with Crippen LogP contribution in [0.2, 0.25) is 0 Å². The molecule has 0 unspecified atom stereocenters. The Kier molecular flexibility index (Phi) is 5.20. The first-order valence-electron chi connectivity index (χ1n) is 7.48. The molecule has 1 aromatic rings. The molecule has 0 atom stereocenters. The predicted molar refractivity (Wildman–Crippen MR) is 87.1 cm³/mol. The zero-order chi connectivity index (χ0) is 15.5. The zero-order valence-corrected chi connectivity index (χ0v) is 14.2. The third-order valence-electron chi connectivity index (χ3n) is 3.27. The van der Waals surface area contributed by atoms with E-state index in [1.807, 2.05) is 32.9 Å². The monoisotopic (exact) mass is 309 g/mol. The molecule has 2 rings (SSSR count). The van der Waals surface area contributed by atoms with Crippen LogP contribution in [0.4, 0.5) is 0 Å². The molecule has 0 amide bonds. The van der Waals surface area contributed by atoms with E-state index in [-0.39, 0.29) is 12.6 Å². The molecule has 3 nitrogen and oxygen atoms in total. The second-order valence-electron chi connectivity index (χ2n) is 6.41. The first-order valence-corrected chi connectivity index (χ1v) is 9.04. The lowest BCUT2D eigenvalue weighted by molar-refractivity contribution is -0.157. The van der Waals surface area contributed by atoms with Crippen LogP contribution < -0.4 is 4.74 Å². The summed E-state index contributed by atoms with van der Waals surface area (Å²) in [6, 6.07) is 6.16. The number of rotatable bonds is 4. The number of esters is 1. The molecule has 116 valence electrons. The Bertz CT molecular complexity index is 499. The Hall–Kier alpha value is -1.16. The molecule has 0 N–H and O–H groups in total. The lowest BCUT2D eigenvalue weighted by Crippen LogP contribution is -2.27. The smallest absolute Gasteiger partial charge is 0.344 e. The molecule has 1 aromatic carbocycles. The molecule has 21 heavy (non-hydrogen) atoms. The Labute approximate surface area is 130 Å². The highest BCUT2D eigenvalue weighted by atomic mass is 32.2. The van der Waals surface area contributed by atoms with Crippen molar-refractivity contribution >= 4 is 16.9 Å². The van der Waals surface area contributed by atoms with Crippen LogP contribution in [0, 0.1) is 6.92 Å². The van der Waals surface area contributed by atoms with Gasteiger partial charge in [-0.3, -0.25) is 0 Å². The maximum Gasteiger partial charge on any atom is 0.344 e. The zero-order valence-electron chi connectivity index (χ0n) is 13.4. The Morgan fingerprint density at radius 2 is 1.90 bits per heavy atom. The van der Waals surface area contributed by atoms with Crippen LogP contribution in [-0.2, 0) is 20.4 Å². The average molecular weight is 309 g/mol. The average Bonchev–Trinajstić information content (AvgIpc) is 2.88. The van der Waals surface area contributed by atoms with Gasteiger partial charge in [-0.2, -0.15) is 0 Å². The van der Waals surface area contributed by atoms with E-state index in [4.69, 9.17) is 9.47 Å². The van der Waals surface area contributed by atoms with Gasteiger partial charge in [0, 0.05) is 16.5 Å². The van der Waals surface area contributed by atoms with Crippen LogP contribution in [0.5, 0.6) is 5.75 Å². The van der Waals surface area contributed by atoms with Gasteiger partial charge in [0.15, 0.2) is 11.5 Å². The van der Waals surface area contributed by atoms with Crippen LogP contribution in [-0.4, -0.2) is 29.7 Å². The molecule has 0 aromatic heterocycles. The molecule has 1 aliphatic rings. The molecule has 1 aliphatic heterocycles. The van der Waals surface area contributed by atoms with Gasteiger partial charge in [-0.05, 0) is 58.7 Å². The van der Waals surface area contributed by atoms with Crippen molar-refractivity contribution < 1.29 is 14.3 Å². The number of hydrogen-bond acceptors (Lipinski definition) is 3. The number of ether oxygens (including phenoxy) is 2. The van der Waals surface area contributed by atoms with Crippen LogP contribution in [0.1, 0.15) is 39.2 Å². The fraction of sp³-hybridized carbons (Fsp3) is 0.588. The highest BCUT2D eigenvalue weighted by Crippen LogP contribution is 2.28. The summed E-state index contributed by atoms with van der Waals surface area (Å²) >= 11 is 0. The van der Waals surface area contributed by atoms with Gasteiger partial charge >= 0.3 is 5.97 Å². The third-order valence-corrected chi connectivity index (χ3v) is 5.91. The highest BCUT2D eigenvalue weighted by molar-refractivity contribution is 7.97. The Morgan fingerprint density at radius 3 is 2.48 bits per heavy atom. The third kappa shape index (κ3) is 4.95. The van der Waals surface area contributed by atoms with Gasteiger partial charge in [0.1, 0.15) is 22.9 Å². The first kappa shape index (κ1) is 16.2. The Morgan fingerprint density at radius 1 is 1.24 bits per heavy atom. The van der Waals surface area contributed by atoms with Crippen molar-refractivity contribution in [3.8, 4) is 5.75 Å². The van der Waals surface area contributed by atoms with E-state index in [9.17, 15) is 4.79 Å². The molecule has 0 aliphatic carbocycles. The quantitative estimate of drug-likeness (QED) is 0.631. The number of aryl methyl sites for hydroxylation is 1. The number of hydrogen-bond donors (Lipinski definition) is 0. The standard InChI is InChI=1S/C17H25O3S/c1-13-11-14(19-12-16(18)20-17(2,3)4)7-8-15(13)21-9-5-6-10-21/h7-8,11H,5-6,9-10,12H2,1-4H3/q+1. The lowest BCUT2D eigenvalue weighted by Gasteiger charge is -2.19. The molecule has 4 heteroatoms. The molecule has 1 heterocycles. The molecule has 0 radical (unpaired) electrons. The van der Waals surface area contributed by atoms with Crippen molar-refractivity contribution in [2.75, 3.05) is 18.1 Å². The number of carbonyl (C=O) groups is 1. The summed E-state index contributed by atoms with van der Waals surface area (Å²) in [5, 5.41) is 0. The molecule has 0 bridgehead atoms. The highest BCUT2D eigenvalue weighted by Gasteiger charge is 2.28. The molecule has 1 saturated heterocycles. The molecular weight excluding hydrogens is 284 g/mol. The van der Waals surface area contributed by atoms with Crippen molar-refractivity contribution in [1.29, 1.82) is 0 Å². The van der Waals surface area contributed by atoms with E-state index in [2.05, 4.69) is 13.0 Å². The summed E-state index contributed by atoms with van der Waals surface area (Å²) in [6.45, 7) is 7.65. The van der Waals surface area contributed by atoms with E-state index in [1.165, 1.54) is 34.8 Å². The molecule has 1 fully saturated rings. The lowest BCUT2D eigenvalue weighted by atomic mass is 10.2. The van der Waals surface area contributed by atoms with Crippen molar-refractivity contribution in [1.82, 2.24) is 0 Å². The first-order chi connectivity index (χ1) is 9.85. The minimum Gasteiger partial charge on any atom is -0.482 e. The molecule has 0 spiro atoms. The normalized spacial score (nSPS) is 16.0. The second kappa shape index (κ2) is 6.73. The van der Waals surface area contributed by atoms with Crippen molar-refractivity contribution in [2.24, 2.45) is 0 Å². The maximum absolute atomic E-state index is 11.6. The molecule has 0 saturated carbocycles. The summed E-state index contributed by atoms with van der Waals surface area (Å²) < 4.78 is 10.8. The topological polar surface area (TPSA) is 35.5 Å². The predicted octanol–water partition coefficient (Wildman–Crippen LogP) is 3.49. The van der Waals surface area contributed by atoms with Gasteiger partial charge in [-0.1, -0.05) is 0 Å². The van der Waals surface area contributed by atoms with Gasteiger partial charge in [-0.15, -0.1) is 0 Å². The van der Waals surface area contributed by atoms with Gasteiger partial charge in [0.2, 0.25) is 0 Å². The van der Waals surface area contributed by atoms with Crippen LogP contribution >= 0.6 is 0 Å². The fourth-order valence-electron chi connectivity index (χ4n) is 2.42. The van der Waals surface area contributed by atoms with Crippen LogP contribution in [0.15, 0.2) is 23.1 Å². The SMILES string of the molecule is Cc1cc(OCC(=O)OC(C)(C)C)ccc1[S+]1CCCC1. The summed E-state index contributed by atoms with van der Waals surface area (Å²) in [5.74, 6) is 3.05. The van der Waals surface area contributed by atoms with Gasteiger partial charge in [-0.25, -0.2) is 4.79 Å².